The molecule has 1 aliphatic rings. The maximum absolute atomic E-state index is 13.9. The van der Waals surface area contributed by atoms with E-state index in [1.54, 1.807) is 19.1 Å². The van der Waals surface area contributed by atoms with Gasteiger partial charge in [0.2, 0.25) is 5.91 Å². The summed E-state index contributed by atoms with van der Waals surface area (Å²) in [5.74, 6) is -1.52. The highest BCUT2D eigenvalue weighted by Gasteiger charge is 2.30. The minimum absolute atomic E-state index is 0.0102. The fourth-order valence-corrected chi connectivity index (χ4v) is 3.64. The molecule has 1 fully saturated rings. The number of para-hydroxylation sites is 1. The molecule has 0 spiro atoms. The topological polar surface area (TPSA) is 49.9 Å². The largest absolute Gasteiger partial charge is 0.496 e. The molecule has 0 radical (unpaired) electrons. The number of halogens is 2. The molecule has 0 aromatic heterocycles. The zero-order chi connectivity index (χ0) is 21.0. The molecule has 5 nitrogen and oxygen atoms in total. The molecule has 2 amide bonds. The molecule has 7 heteroatoms. The number of benzene rings is 2. The maximum Gasteiger partial charge on any atom is 0.256 e. The van der Waals surface area contributed by atoms with Gasteiger partial charge < -0.3 is 14.5 Å². The molecular weight excluding hydrogens is 378 g/mol. The number of nitrogens with zero attached hydrogens (tertiary/aromatic N) is 2. The lowest BCUT2D eigenvalue weighted by atomic mass is 9.94. The van der Waals surface area contributed by atoms with Crippen LogP contribution in [0.4, 0.5) is 8.78 Å². The van der Waals surface area contributed by atoms with Gasteiger partial charge in [-0.2, -0.15) is 0 Å². The molecule has 0 saturated carbocycles. The average molecular weight is 402 g/mol. The van der Waals surface area contributed by atoms with Crippen molar-refractivity contribution in [1.29, 1.82) is 0 Å². The lowest BCUT2D eigenvalue weighted by molar-refractivity contribution is -0.136. The normalized spacial score (nSPS) is 14.6. The monoisotopic (exact) mass is 402 g/mol. The Bertz CT molecular complexity index is 895. The summed E-state index contributed by atoms with van der Waals surface area (Å²) >= 11 is 0. The van der Waals surface area contributed by atoms with E-state index >= 15 is 0 Å². The van der Waals surface area contributed by atoms with E-state index in [-0.39, 0.29) is 17.4 Å². The minimum Gasteiger partial charge on any atom is -0.496 e. The summed E-state index contributed by atoms with van der Waals surface area (Å²) < 4.78 is 32.3. The molecule has 29 heavy (non-hydrogen) atoms. The molecule has 0 atom stereocenters. The van der Waals surface area contributed by atoms with Crippen LogP contribution in [0, 0.1) is 17.6 Å². The third kappa shape index (κ3) is 4.72. The molecule has 0 bridgehead atoms. The Morgan fingerprint density at radius 2 is 1.83 bits per heavy atom. The first-order chi connectivity index (χ1) is 13.9. The fourth-order valence-electron chi connectivity index (χ4n) is 3.64. The van der Waals surface area contributed by atoms with E-state index in [9.17, 15) is 18.4 Å². The molecule has 2 aromatic carbocycles. The van der Waals surface area contributed by atoms with Crippen molar-refractivity contribution in [3.05, 3.63) is 65.2 Å². The van der Waals surface area contributed by atoms with Gasteiger partial charge in [-0.3, -0.25) is 9.59 Å². The summed E-state index contributed by atoms with van der Waals surface area (Å²) in [5.41, 5.74) is 0.773. The van der Waals surface area contributed by atoms with Crippen molar-refractivity contribution in [2.24, 2.45) is 5.92 Å². The smallest absolute Gasteiger partial charge is 0.256 e. The van der Waals surface area contributed by atoms with Gasteiger partial charge >= 0.3 is 0 Å². The van der Waals surface area contributed by atoms with Crippen LogP contribution in [-0.2, 0) is 11.3 Å². The second-order valence-electron chi connectivity index (χ2n) is 7.20. The summed E-state index contributed by atoms with van der Waals surface area (Å²) in [7, 11) is 3.34. The lowest BCUT2D eigenvalue weighted by Gasteiger charge is -2.33. The van der Waals surface area contributed by atoms with Gasteiger partial charge in [-0.05, 0) is 31.0 Å². The van der Waals surface area contributed by atoms with E-state index in [4.69, 9.17) is 4.74 Å². The van der Waals surface area contributed by atoms with Crippen molar-refractivity contribution in [1.82, 2.24) is 9.80 Å². The summed E-state index contributed by atoms with van der Waals surface area (Å²) in [6.07, 6.45) is 1.01. The Hall–Kier alpha value is -2.96. The number of carbonyl (C=O) groups is 2. The van der Waals surface area contributed by atoms with Crippen LogP contribution < -0.4 is 4.74 Å². The van der Waals surface area contributed by atoms with Crippen molar-refractivity contribution in [2.45, 2.75) is 19.4 Å². The number of amides is 2. The lowest BCUT2D eigenvalue weighted by Crippen LogP contribution is -2.43. The Kier molecular flexibility index (Phi) is 6.46. The van der Waals surface area contributed by atoms with Crippen LogP contribution in [0.3, 0.4) is 0 Å². The third-order valence-corrected chi connectivity index (χ3v) is 5.27. The van der Waals surface area contributed by atoms with Crippen molar-refractivity contribution < 1.29 is 23.1 Å². The van der Waals surface area contributed by atoms with E-state index in [1.807, 2.05) is 24.3 Å². The predicted molar refractivity (Wildman–Crippen MR) is 104 cm³/mol. The Morgan fingerprint density at radius 3 is 2.48 bits per heavy atom. The average Bonchev–Trinajstić information content (AvgIpc) is 2.73. The summed E-state index contributed by atoms with van der Waals surface area (Å²) in [5, 5.41) is 0. The van der Waals surface area contributed by atoms with Gasteiger partial charge in [0.05, 0.1) is 12.7 Å². The standard InChI is InChI=1S/C22H24F2N2O3/c1-25(14-16-5-3-4-6-20(16)29-2)21(27)15-9-11-26(12-10-15)22(28)18-8-7-17(23)13-19(18)24/h3-8,13,15H,9-12,14H2,1-2H3. The summed E-state index contributed by atoms with van der Waals surface area (Å²) in [6, 6.07) is 10.5. The number of hydrogen-bond acceptors (Lipinski definition) is 3. The fraction of sp³-hybridized carbons (Fsp3) is 0.364. The van der Waals surface area contributed by atoms with Crippen LogP contribution in [-0.4, -0.2) is 48.9 Å². The molecule has 1 aliphatic heterocycles. The number of rotatable bonds is 5. The van der Waals surface area contributed by atoms with Crippen LogP contribution in [0.25, 0.3) is 0 Å². The number of likely N-dealkylation sites (tertiary alicyclic amines) is 1. The molecule has 3 rings (SSSR count). The summed E-state index contributed by atoms with van der Waals surface area (Å²) in [6.45, 7) is 1.14. The predicted octanol–water partition coefficient (Wildman–Crippen LogP) is 3.48. The first-order valence-electron chi connectivity index (χ1n) is 9.52. The van der Waals surface area contributed by atoms with Crippen molar-refractivity contribution in [3.8, 4) is 5.75 Å². The highest BCUT2D eigenvalue weighted by molar-refractivity contribution is 5.94. The molecule has 1 heterocycles. The van der Waals surface area contributed by atoms with E-state index in [1.165, 1.54) is 4.90 Å². The first kappa shape index (κ1) is 20.8. The van der Waals surface area contributed by atoms with Crippen molar-refractivity contribution in [3.63, 3.8) is 0 Å². The number of methoxy groups -OCH3 is 1. The molecule has 1 saturated heterocycles. The zero-order valence-electron chi connectivity index (χ0n) is 16.5. The summed E-state index contributed by atoms with van der Waals surface area (Å²) in [4.78, 5) is 28.5. The second-order valence-corrected chi connectivity index (χ2v) is 7.20. The van der Waals surface area contributed by atoms with Crippen LogP contribution in [0.15, 0.2) is 42.5 Å². The van der Waals surface area contributed by atoms with E-state index in [2.05, 4.69) is 0 Å². The molecule has 0 N–H and O–H groups in total. The van der Waals surface area contributed by atoms with E-state index < -0.39 is 17.5 Å². The number of piperidine rings is 1. The Labute approximate surface area is 168 Å². The third-order valence-electron chi connectivity index (χ3n) is 5.27. The van der Waals surface area contributed by atoms with Crippen LogP contribution in [0.2, 0.25) is 0 Å². The quantitative estimate of drug-likeness (QED) is 0.769. The number of carbonyl (C=O) groups excluding carboxylic acids is 2. The first-order valence-corrected chi connectivity index (χ1v) is 9.52. The molecule has 0 unspecified atom stereocenters. The van der Waals surface area contributed by atoms with Crippen LogP contribution in [0.1, 0.15) is 28.8 Å². The SMILES string of the molecule is COc1ccccc1CN(C)C(=O)C1CCN(C(=O)c2ccc(F)cc2F)CC1. The number of ether oxygens (including phenoxy) is 1. The Morgan fingerprint density at radius 1 is 1.14 bits per heavy atom. The number of hydrogen-bond donors (Lipinski definition) is 0. The van der Waals surface area contributed by atoms with Crippen LogP contribution >= 0.6 is 0 Å². The Balaban J connectivity index is 1.58. The van der Waals surface area contributed by atoms with Gasteiger partial charge in [-0.25, -0.2) is 8.78 Å². The van der Waals surface area contributed by atoms with Gasteiger partial charge in [0.15, 0.2) is 0 Å². The van der Waals surface area contributed by atoms with Crippen molar-refractivity contribution >= 4 is 11.8 Å². The highest BCUT2D eigenvalue weighted by Crippen LogP contribution is 2.24. The van der Waals surface area contributed by atoms with E-state index in [0.29, 0.717) is 38.5 Å². The van der Waals surface area contributed by atoms with Gasteiger partial charge in [-0.15, -0.1) is 0 Å². The van der Waals surface area contributed by atoms with E-state index in [0.717, 1.165) is 23.4 Å². The molecule has 154 valence electrons. The highest BCUT2D eigenvalue weighted by atomic mass is 19.1. The minimum atomic E-state index is -0.871. The molecule has 0 aliphatic carbocycles. The van der Waals surface area contributed by atoms with Gasteiger partial charge in [0, 0.05) is 44.2 Å². The van der Waals surface area contributed by atoms with Gasteiger partial charge in [0.1, 0.15) is 17.4 Å². The maximum atomic E-state index is 13.9. The zero-order valence-corrected chi connectivity index (χ0v) is 16.5. The van der Waals surface area contributed by atoms with Gasteiger partial charge in [-0.1, -0.05) is 18.2 Å². The van der Waals surface area contributed by atoms with Crippen LogP contribution in [0.5, 0.6) is 5.75 Å². The molecular formula is C22H24F2N2O3. The molecule has 2 aromatic rings. The van der Waals surface area contributed by atoms with Crippen molar-refractivity contribution in [2.75, 3.05) is 27.2 Å². The van der Waals surface area contributed by atoms with Gasteiger partial charge in [0.25, 0.3) is 5.91 Å². The second kappa shape index (κ2) is 9.03.